The maximum absolute atomic E-state index is 13.1. The summed E-state index contributed by atoms with van der Waals surface area (Å²) in [6.07, 6.45) is 38.0. The molecule has 0 aromatic carbocycles. The Hall–Kier alpha value is -1.76. The van der Waals surface area contributed by atoms with E-state index in [0.29, 0.717) is 12.8 Å². The zero-order valence-corrected chi connectivity index (χ0v) is 49.4. The molecule has 4 unspecified atom stereocenters. The van der Waals surface area contributed by atoms with Crippen LogP contribution in [0, 0.1) is 0 Å². The summed E-state index contributed by atoms with van der Waals surface area (Å²) in [5.74, 6) is -0.907. The van der Waals surface area contributed by atoms with Gasteiger partial charge < -0.3 is 64.2 Å². The number of carbonyl (C=O) groups excluding carboxylic acids is 2. The number of allylic oxidation sites excluding steroid dienone is 2. The maximum atomic E-state index is 13.1. The number of hydrogen-bond acceptors (Lipinski definition) is 15. The Labute approximate surface area is 473 Å². The highest BCUT2D eigenvalue weighted by Gasteiger charge is 2.47. The van der Waals surface area contributed by atoms with Gasteiger partial charge >= 0.3 is 11.9 Å². The van der Waals surface area contributed by atoms with Crippen LogP contribution < -0.4 is 0 Å². The van der Waals surface area contributed by atoms with E-state index in [-0.39, 0.29) is 26.1 Å². The number of unbranched alkanes of at least 4 members (excludes halogenated alkanes) is 37. The molecule has 0 aliphatic carbocycles. The van der Waals surface area contributed by atoms with Crippen molar-refractivity contribution in [2.24, 2.45) is 0 Å². The largest absolute Gasteiger partial charge is 0.462 e. The third-order valence-electron chi connectivity index (χ3n) is 15.7. The molecule has 0 radical (unpaired) electrons. The lowest BCUT2D eigenvalue weighted by molar-refractivity contribution is -0.332. The Morgan fingerprint density at radius 2 is 0.731 bits per heavy atom. The minimum absolute atomic E-state index is 0.172. The zero-order chi connectivity index (χ0) is 56.7. The van der Waals surface area contributed by atoms with Crippen LogP contribution in [-0.4, -0.2) is 142 Å². The molecule has 0 amide bonds. The number of ether oxygens (including phenoxy) is 6. The van der Waals surface area contributed by atoms with E-state index in [1.54, 1.807) is 0 Å². The molecule has 2 aliphatic heterocycles. The second-order valence-electron chi connectivity index (χ2n) is 23.0. The first-order valence-corrected chi connectivity index (χ1v) is 32.3. The number of hydrogen-bond donors (Lipinski definition) is 7. The van der Waals surface area contributed by atoms with Crippen molar-refractivity contribution < 1.29 is 73.8 Å². The topological polar surface area (TPSA) is 231 Å². The highest BCUT2D eigenvalue weighted by molar-refractivity contribution is 5.70. The molecule has 15 nitrogen and oxygen atoms in total. The fourth-order valence-corrected chi connectivity index (χ4v) is 10.5. The lowest BCUT2D eigenvalue weighted by Gasteiger charge is -2.42. The van der Waals surface area contributed by atoms with Crippen LogP contribution in [0.2, 0.25) is 0 Å². The lowest BCUT2D eigenvalue weighted by atomic mass is 9.98. The molecular formula is C63H118O15. The highest BCUT2D eigenvalue weighted by atomic mass is 16.7. The number of rotatable bonds is 53. The van der Waals surface area contributed by atoms with Crippen molar-refractivity contribution in [2.45, 2.75) is 351 Å². The molecule has 2 saturated heterocycles. The second kappa shape index (κ2) is 49.8. The first-order valence-electron chi connectivity index (χ1n) is 32.3. The van der Waals surface area contributed by atoms with Crippen molar-refractivity contribution in [1.29, 1.82) is 0 Å². The van der Waals surface area contributed by atoms with E-state index in [0.717, 1.165) is 38.5 Å². The van der Waals surface area contributed by atoms with Gasteiger partial charge in [-0.25, -0.2) is 0 Å². The number of esters is 2. The van der Waals surface area contributed by atoms with Gasteiger partial charge in [0.15, 0.2) is 18.7 Å². The Balaban J connectivity index is 1.70. The van der Waals surface area contributed by atoms with Gasteiger partial charge in [-0.05, 0) is 38.5 Å². The molecule has 78 heavy (non-hydrogen) atoms. The summed E-state index contributed by atoms with van der Waals surface area (Å²) in [4.78, 5) is 26.0. The molecule has 0 bridgehead atoms. The molecule has 2 heterocycles. The van der Waals surface area contributed by atoms with Crippen LogP contribution >= 0.6 is 0 Å². The molecule has 15 heteroatoms. The Morgan fingerprint density at radius 3 is 1.13 bits per heavy atom. The summed E-state index contributed by atoms with van der Waals surface area (Å²) in [6, 6.07) is 0. The van der Waals surface area contributed by atoms with Crippen LogP contribution in [0.3, 0.4) is 0 Å². The van der Waals surface area contributed by atoms with Crippen molar-refractivity contribution in [2.75, 3.05) is 26.4 Å². The van der Waals surface area contributed by atoms with E-state index in [1.807, 2.05) is 0 Å². The van der Waals surface area contributed by atoms with Gasteiger partial charge in [-0.15, -0.1) is 0 Å². The summed E-state index contributed by atoms with van der Waals surface area (Å²) in [7, 11) is 0. The Bertz CT molecular complexity index is 1400. The second-order valence-corrected chi connectivity index (χ2v) is 23.0. The fraction of sp³-hybridized carbons (Fsp3) is 0.937. The summed E-state index contributed by atoms with van der Waals surface area (Å²) >= 11 is 0. The van der Waals surface area contributed by atoms with Gasteiger partial charge in [0, 0.05) is 12.8 Å². The standard InChI is InChI=1S/C63H118O15/c1-3-5-7-9-11-13-15-17-19-21-23-24-25-26-28-30-32-34-36-38-40-42-44-46-55(66)76-51(48-73-54(65)45-43-41-39-37-35-33-31-29-27-22-20-18-16-14-12-10-8-6-4-2)49-74-62-61(72)59(70)57(68)53(78-62)50-75-63-60(71)58(69)56(67)52(47-64)77-63/h18,20,51-53,56-64,67-72H,3-17,19,21-50H2,1-2H3/b20-18+/t51-,52+,53+,56-,57-,58?,59?,60?,61?,62+,63+/m1/s1. The van der Waals surface area contributed by atoms with Crippen molar-refractivity contribution in [3.05, 3.63) is 12.2 Å². The lowest BCUT2D eigenvalue weighted by Crippen LogP contribution is -2.61. The summed E-state index contributed by atoms with van der Waals surface area (Å²) in [6.45, 7) is 2.66. The molecule has 460 valence electrons. The minimum atomic E-state index is -1.76. The van der Waals surface area contributed by atoms with Crippen LogP contribution in [0.4, 0.5) is 0 Å². The van der Waals surface area contributed by atoms with Gasteiger partial charge in [-0.2, -0.15) is 0 Å². The number of aliphatic hydroxyl groups excluding tert-OH is 7. The number of carbonyl (C=O) groups is 2. The third-order valence-corrected chi connectivity index (χ3v) is 15.7. The third kappa shape index (κ3) is 36.0. The molecule has 0 saturated carbocycles. The Kier molecular flexibility index (Phi) is 46.2. The van der Waals surface area contributed by atoms with Crippen molar-refractivity contribution in [1.82, 2.24) is 0 Å². The molecule has 0 spiro atoms. The molecule has 2 aliphatic rings. The van der Waals surface area contributed by atoms with E-state index in [4.69, 9.17) is 28.4 Å². The Morgan fingerprint density at radius 1 is 0.397 bits per heavy atom. The van der Waals surface area contributed by atoms with Crippen LogP contribution in [-0.2, 0) is 38.0 Å². The quantitative estimate of drug-likeness (QED) is 0.0171. The molecule has 0 aromatic rings. The van der Waals surface area contributed by atoms with E-state index in [9.17, 15) is 45.3 Å². The molecule has 2 fully saturated rings. The summed E-state index contributed by atoms with van der Waals surface area (Å²) < 4.78 is 33.8. The first-order chi connectivity index (χ1) is 38.0. The van der Waals surface area contributed by atoms with Crippen LogP contribution in [0.15, 0.2) is 12.2 Å². The van der Waals surface area contributed by atoms with E-state index < -0.39 is 92.7 Å². The van der Waals surface area contributed by atoms with Gasteiger partial charge in [0.1, 0.15) is 55.4 Å². The van der Waals surface area contributed by atoms with Crippen LogP contribution in [0.25, 0.3) is 0 Å². The molecular weight excluding hydrogens is 997 g/mol. The monoisotopic (exact) mass is 1110 g/mol. The van der Waals surface area contributed by atoms with Gasteiger partial charge in [0.05, 0.1) is 19.8 Å². The predicted molar refractivity (Wildman–Crippen MR) is 308 cm³/mol. The van der Waals surface area contributed by atoms with Crippen molar-refractivity contribution in [3.63, 3.8) is 0 Å². The van der Waals surface area contributed by atoms with E-state index >= 15 is 0 Å². The van der Waals surface area contributed by atoms with Crippen molar-refractivity contribution in [3.8, 4) is 0 Å². The van der Waals surface area contributed by atoms with Gasteiger partial charge in [-0.1, -0.05) is 244 Å². The van der Waals surface area contributed by atoms with E-state index in [2.05, 4.69) is 26.0 Å². The predicted octanol–water partition coefficient (Wildman–Crippen LogP) is 12.1. The summed E-state index contributed by atoms with van der Waals surface area (Å²) in [5, 5.41) is 72.4. The normalized spacial score (nSPS) is 24.0. The van der Waals surface area contributed by atoms with Crippen LogP contribution in [0.1, 0.15) is 284 Å². The average Bonchev–Trinajstić information content (AvgIpc) is 3.43. The summed E-state index contributed by atoms with van der Waals surface area (Å²) in [5.41, 5.74) is 0. The SMILES string of the molecule is CCCCCCCC/C=C/CCCCCCCCCCCC(=O)OC[C@H](CO[C@H]1O[C@@H](CO[C@H]2O[C@@H](CO)[C@@H](O)C(O)C2O)[C@@H](O)C(O)C1O)OC(=O)CCCCCCCCCCCCCCCCCCCCCCCCC. The van der Waals surface area contributed by atoms with Crippen molar-refractivity contribution >= 4 is 11.9 Å². The number of aliphatic hydroxyl groups is 7. The van der Waals surface area contributed by atoms with Gasteiger partial charge in [0.2, 0.25) is 0 Å². The smallest absolute Gasteiger partial charge is 0.306 e. The zero-order valence-electron chi connectivity index (χ0n) is 49.4. The first kappa shape index (κ1) is 72.3. The average molecular weight is 1120 g/mol. The fourth-order valence-electron chi connectivity index (χ4n) is 10.5. The molecule has 11 atom stereocenters. The van der Waals surface area contributed by atoms with Crippen LogP contribution in [0.5, 0.6) is 0 Å². The molecule has 7 N–H and O–H groups in total. The molecule has 2 rings (SSSR count). The van der Waals surface area contributed by atoms with Gasteiger partial charge in [-0.3, -0.25) is 9.59 Å². The molecule has 0 aromatic heterocycles. The minimum Gasteiger partial charge on any atom is -0.462 e. The van der Waals surface area contributed by atoms with E-state index in [1.165, 1.54) is 205 Å². The maximum Gasteiger partial charge on any atom is 0.306 e. The highest BCUT2D eigenvalue weighted by Crippen LogP contribution is 2.27. The van der Waals surface area contributed by atoms with Gasteiger partial charge in [0.25, 0.3) is 0 Å².